The predicted molar refractivity (Wildman–Crippen MR) is 254 cm³/mol. The number of carboxylic acid groups (broad SMARTS) is 1. The molecule has 8 nitrogen and oxygen atoms in total. The molecule has 0 aromatic rings. The van der Waals surface area contributed by atoms with Gasteiger partial charge in [0.2, 0.25) is 0 Å². The van der Waals surface area contributed by atoms with Crippen LogP contribution in [0.15, 0.2) is 109 Å². The van der Waals surface area contributed by atoms with Crippen molar-refractivity contribution in [3.8, 4) is 0 Å². The Morgan fingerprint density at radius 3 is 1.52 bits per heavy atom. The first-order valence-electron chi connectivity index (χ1n) is 23.5. The third kappa shape index (κ3) is 41.1. The summed E-state index contributed by atoms with van der Waals surface area (Å²) in [4.78, 5) is 36.9. The number of esters is 2. The van der Waals surface area contributed by atoms with Gasteiger partial charge in [-0.2, -0.15) is 0 Å². The van der Waals surface area contributed by atoms with E-state index in [1.165, 1.54) is 19.3 Å². The van der Waals surface area contributed by atoms with Crippen LogP contribution in [0.2, 0.25) is 0 Å². The van der Waals surface area contributed by atoms with Gasteiger partial charge in [0.25, 0.3) is 0 Å². The largest absolute Gasteiger partial charge is 0.544 e. The van der Waals surface area contributed by atoms with Gasteiger partial charge in [-0.25, -0.2) is 0 Å². The molecule has 0 bridgehead atoms. The first-order chi connectivity index (χ1) is 29.6. The highest BCUT2D eigenvalue weighted by molar-refractivity contribution is 5.70. The second kappa shape index (κ2) is 42.7. The van der Waals surface area contributed by atoms with Crippen molar-refractivity contribution < 1.29 is 38.2 Å². The Balaban J connectivity index is 4.46. The number of hydrogen-bond donors (Lipinski definition) is 0. The second-order valence-corrected chi connectivity index (χ2v) is 16.3. The molecule has 0 radical (unpaired) electrons. The molecule has 8 heteroatoms. The number of rotatable bonds is 40. The summed E-state index contributed by atoms with van der Waals surface area (Å²) < 4.78 is 17.1. The molecule has 2 atom stereocenters. The minimum absolute atomic E-state index is 0.0122. The van der Waals surface area contributed by atoms with E-state index in [2.05, 4.69) is 111 Å². The number of likely N-dealkylation sites (N-methyl/N-ethyl adjacent to an activating group) is 1. The number of hydrogen-bond acceptors (Lipinski definition) is 7. The fraction of sp³-hybridized carbons (Fsp3) is 0.604. The monoisotopic (exact) mass is 848 g/mol. The molecule has 61 heavy (non-hydrogen) atoms. The van der Waals surface area contributed by atoms with E-state index in [1.807, 2.05) is 12.2 Å². The molecule has 0 saturated heterocycles. The van der Waals surface area contributed by atoms with Crippen molar-refractivity contribution in [1.29, 1.82) is 0 Å². The van der Waals surface area contributed by atoms with E-state index < -0.39 is 18.1 Å². The highest BCUT2D eigenvalue weighted by Crippen LogP contribution is 2.12. The van der Waals surface area contributed by atoms with E-state index >= 15 is 0 Å². The Morgan fingerprint density at radius 1 is 0.525 bits per heavy atom. The third-order valence-corrected chi connectivity index (χ3v) is 9.74. The smallest absolute Gasteiger partial charge is 0.306 e. The van der Waals surface area contributed by atoms with E-state index in [0.29, 0.717) is 6.42 Å². The van der Waals surface area contributed by atoms with Gasteiger partial charge in [-0.3, -0.25) is 9.59 Å². The van der Waals surface area contributed by atoms with Crippen LogP contribution in [0.1, 0.15) is 155 Å². The Labute approximate surface area is 372 Å². The minimum atomic E-state index is -1.14. The van der Waals surface area contributed by atoms with Gasteiger partial charge in [0.1, 0.15) is 12.6 Å². The third-order valence-electron chi connectivity index (χ3n) is 9.74. The maximum atomic E-state index is 12.7. The van der Waals surface area contributed by atoms with Gasteiger partial charge in [0, 0.05) is 19.3 Å². The summed E-state index contributed by atoms with van der Waals surface area (Å²) in [5.74, 6) is -1.82. The van der Waals surface area contributed by atoms with Gasteiger partial charge in [-0.05, 0) is 83.5 Å². The predicted octanol–water partition coefficient (Wildman–Crippen LogP) is 11.9. The number of ether oxygens (including phenoxy) is 3. The molecule has 0 N–H and O–H groups in total. The number of quaternary nitrogens is 1. The van der Waals surface area contributed by atoms with E-state index in [4.69, 9.17) is 14.2 Å². The van der Waals surface area contributed by atoms with Gasteiger partial charge in [-0.15, -0.1) is 0 Å². The number of unbranched alkanes of at least 4 members (excludes halogenated alkanes) is 11. The van der Waals surface area contributed by atoms with E-state index in [-0.39, 0.29) is 49.1 Å². The van der Waals surface area contributed by atoms with Gasteiger partial charge < -0.3 is 28.6 Å². The second-order valence-electron chi connectivity index (χ2n) is 16.3. The Morgan fingerprint density at radius 2 is 0.984 bits per heavy atom. The first-order valence-corrected chi connectivity index (χ1v) is 23.5. The van der Waals surface area contributed by atoms with Crippen molar-refractivity contribution in [2.24, 2.45) is 0 Å². The van der Waals surface area contributed by atoms with Crippen molar-refractivity contribution in [3.05, 3.63) is 109 Å². The zero-order valence-corrected chi connectivity index (χ0v) is 39.0. The summed E-state index contributed by atoms with van der Waals surface area (Å²) in [5, 5.41) is 11.6. The molecule has 0 aliphatic carbocycles. The number of carbonyl (C=O) groups excluding carboxylic acids is 3. The highest BCUT2D eigenvalue weighted by atomic mass is 16.6. The molecule has 0 spiro atoms. The van der Waals surface area contributed by atoms with Crippen molar-refractivity contribution in [1.82, 2.24) is 0 Å². The van der Waals surface area contributed by atoms with Crippen LogP contribution in [-0.4, -0.2) is 75.5 Å². The molecule has 0 fully saturated rings. The van der Waals surface area contributed by atoms with Crippen LogP contribution in [0, 0.1) is 0 Å². The molecule has 0 aromatic heterocycles. The highest BCUT2D eigenvalue weighted by Gasteiger charge is 2.25. The lowest BCUT2D eigenvalue weighted by Crippen LogP contribution is -2.55. The fourth-order valence-corrected chi connectivity index (χ4v) is 6.11. The number of aliphatic carboxylic acids is 1. The maximum absolute atomic E-state index is 12.7. The van der Waals surface area contributed by atoms with Crippen LogP contribution < -0.4 is 5.11 Å². The van der Waals surface area contributed by atoms with E-state index in [0.717, 1.165) is 103 Å². The zero-order chi connectivity index (χ0) is 44.9. The summed E-state index contributed by atoms with van der Waals surface area (Å²) in [5.41, 5.74) is 0. The van der Waals surface area contributed by atoms with Crippen LogP contribution in [0.25, 0.3) is 0 Å². The summed E-state index contributed by atoms with van der Waals surface area (Å²) in [6, 6.07) is -0.743. The molecule has 0 aliphatic rings. The minimum Gasteiger partial charge on any atom is -0.544 e. The molecule has 0 aliphatic heterocycles. The molecule has 2 unspecified atom stereocenters. The summed E-state index contributed by atoms with van der Waals surface area (Å²) >= 11 is 0. The van der Waals surface area contributed by atoms with Crippen LogP contribution >= 0.6 is 0 Å². The standard InChI is InChI=1S/C53H85NO7/c1-6-8-10-12-14-16-18-20-22-24-26-28-29-31-33-35-37-39-41-43-51(55)60-48-49(47-59-46-45-50(53(57)58)54(3,4)5)61-52(56)44-42-40-38-36-34-32-30-27-25-23-21-19-17-15-13-11-9-7-2/h8,10,14-17,19-23,25-28,30-31,33,49-50H,6-7,9,11-13,18,24,29,32,34-48H2,1-5H3/b10-8+,16-14+,17-15+,21-19+,22-20+,25-23+,28-26+,30-27+,33-31+. The van der Waals surface area contributed by atoms with Gasteiger partial charge in [0.15, 0.2) is 6.10 Å². The lowest BCUT2D eigenvalue weighted by Gasteiger charge is -2.34. The molecular weight excluding hydrogens is 763 g/mol. The maximum Gasteiger partial charge on any atom is 0.306 e. The van der Waals surface area contributed by atoms with Gasteiger partial charge >= 0.3 is 11.9 Å². The lowest BCUT2D eigenvalue weighted by atomic mass is 10.1. The van der Waals surface area contributed by atoms with Crippen molar-refractivity contribution in [2.45, 2.75) is 167 Å². The van der Waals surface area contributed by atoms with Crippen LogP contribution in [-0.2, 0) is 28.6 Å². The summed E-state index contributed by atoms with van der Waals surface area (Å²) in [6.07, 6.45) is 58.2. The molecule has 0 heterocycles. The molecular formula is C53H85NO7. The van der Waals surface area contributed by atoms with Crippen LogP contribution in [0.4, 0.5) is 0 Å². The first kappa shape index (κ1) is 57.0. The van der Waals surface area contributed by atoms with Crippen LogP contribution in [0.5, 0.6) is 0 Å². The summed E-state index contributed by atoms with van der Waals surface area (Å²) in [6.45, 7) is 4.43. The Bertz CT molecular complexity index is 1360. The number of carboxylic acids is 1. The molecule has 0 amide bonds. The molecule has 344 valence electrons. The molecule has 0 saturated carbocycles. The lowest BCUT2D eigenvalue weighted by molar-refractivity contribution is -0.889. The molecule has 0 rings (SSSR count). The number of allylic oxidation sites excluding steroid dienone is 18. The van der Waals surface area contributed by atoms with Crippen molar-refractivity contribution in [2.75, 3.05) is 41.0 Å². The van der Waals surface area contributed by atoms with Crippen LogP contribution in [0.3, 0.4) is 0 Å². The normalized spacial score (nSPS) is 13.9. The summed E-state index contributed by atoms with van der Waals surface area (Å²) in [7, 11) is 5.38. The van der Waals surface area contributed by atoms with Gasteiger partial charge in [0.05, 0.1) is 40.3 Å². The quantitative estimate of drug-likeness (QED) is 0.0199. The zero-order valence-electron chi connectivity index (χ0n) is 39.0. The number of nitrogens with zero attached hydrogens (tertiary/aromatic N) is 1. The Hall–Kier alpha value is -4.01. The van der Waals surface area contributed by atoms with Gasteiger partial charge in [-0.1, -0.05) is 162 Å². The Kier molecular flexibility index (Phi) is 39.9. The topological polar surface area (TPSA) is 102 Å². The van der Waals surface area contributed by atoms with Crippen molar-refractivity contribution in [3.63, 3.8) is 0 Å². The average Bonchev–Trinajstić information content (AvgIpc) is 3.22. The molecule has 0 aromatic carbocycles. The fourth-order valence-electron chi connectivity index (χ4n) is 6.11. The SMILES string of the molecule is CC/C=C/C/C=C/C/C=C/C/C=C/C/C=C/CCCCCC(=O)OCC(COCCC(C(=O)[O-])[N+](C)(C)C)OC(=O)CCCCCCC/C=C/C=C/C=C/C=C/CCCCC. The van der Waals surface area contributed by atoms with Crippen molar-refractivity contribution >= 4 is 17.9 Å². The average molecular weight is 848 g/mol. The van der Waals surface area contributed by atoms with E-state index in [9.17, 15) is 19.5 Å². The number of carbonyl (C=O) groups is 3. The van der Waals surface area contributed by atoms with E-state index in [1.54, 1.807) is 21.1 Å².